The standard InChI is InChI=1S/C17H13NO3/c1-20-14-7-5-12-6-8-15(11-13(12)10-14)21-17(19)16-4-2-3-9-18-16/h2-11H,1H3. The molecule has 0 bridgehead atoms. The van der Waals surface area contributed by atoms with Crippen LogP contribution in [0.25, 0.3) is 10.8 Å². The third kappa shape index (κ3) is 2.84. The summed E-state index contributed by atoms with van der Waals surface area (Å²) in [6.07, 6.45) is 1.56. The molecule has 0 spiro atoms. The molecule has 1 aromatic heterocycles. The van der Waals surface area contributed by atoms with E-state index < -0.39 is 5.97 Å². The highest BCUT2D eigenvalue weighted by Crippen LogP contribution is 2.25. The molecule has 3 rings (SSSR count). The van der Waals surface area contributed by atoms with Gasteiger partial charge >= 0.3 is 5.97 Å². The SMILES string of the molecule is COc1ccc2ccc(OC(=O)c3ccccn3)cc2c1. The lowest BCUT2D eigenvalue weighted by molar-refractivity contribution is 0.0729. The number of aromatic nitrogens is 1. The Hall–Kier alpha value is -2.88. The van der Waals surface area contributed by atoms with Crippen molar-refractivity contribution in [3.05, 3.63) is 66.5 Å². The number of pyridine rings is 1. The Morgan fingerprint density at radius 2 is 1.71 bits per heavy atom. The number of carbonyl (C=O) groups is 1. The maximum Gasteiger partial charge on any atom is 0.362 e. The monoisotopic (exact) mass is 279 g/mol. The second kappa shape index (κ2) is 5.63. The Labute approximate surface area is 122 Å². The van der Waals surface area contributed by atoms with Gasteiger partial charge in [0.25, 0.3) is 0 Å². The minimum Gasteiger partial charge on any atom is -0.497 e. The van der Waals surface area contributed by atoms with Crippen molar-refractivity contribution in [1.29, 1.82) is 0 Å². The third-order valence-electron chi connectivity index (χ3n) is 3.10. The van der Waals surface area contributed by atoms with Gasteiger partial charge in [0.2, 0.25) is 0 Å². The van der Waals surface area contributed by atoms with E-state index in [1.54, 1.807) is 43.6 Å². The summed E-state index contributed by atoms with van der Waals surface area (Å²) in [4.78, 5) is 15.9. The van der Waals surface area contributed by atoms with Crippen LogP contribution in [0.3, 0.4) is 0 Å². The second-order valence-corrected chi connectivity index (χ2v) is 4.48. The van der Waals surface area contributed by atoms with Crippen LogP contribution in [0.15, 0.2) is 60.8 Å². The average Bonchev–Trinajstić information content (AvgIpc) is 2.55. The van der Waals surface area contributed by atoms with Crippen molar-refractivity contribution in [1.82, 2.24) is 4.98 Å². The summed E-state index contributed by atoms with van der Waals surface area (Å²) in [6, 6.07) is 16.3. The molecular formula is C17H13NO3. The molecule has 0 aliphatic heterocycles. The number of hydrogen-bond donors (Lipinski definition) is 0. The van der Waals surface area contributed by atoms with Crippen molar-refractivity contribution in [3.8, 4) is 11.5 Å². The van der Waals surface area contributed by atoms with Crippen LogP contribution in [0, 0.1) is 0 Å². The van der Waals surface area contributed by atoms with Gasteiger partial charge in [-0.15, -0.1) is 0 Å². The summed E-state index contributed by atoms with van der Waals surface area (Å²) in [5.74, 6) is 0.764. The number of fused-ring (bicyclic) bond motifs is 1. The normalized spacial score (nSPS) is 10.3. The number of methoxy groups -OCH3 is 1. The molecule has 0 saturated heterocycles. The molecule has 3 aromatic rings. The number of carbonyl (C=O) groups excluding carboxylic acids is 1. The molecule has 0 fully saturated rings. The van der Waals surface area contributed by atoms with Crippen LogP contribution < -0.4 is 9.47 Å². The van der Waals surface area contributed by atoms with Gasteiger partial charge in [-0.3, -0.25) is 0 Å². The Kier molecular flexibility index (Phi) is 3.51. The predicted molar refractivity (Wildman–Crippen MR) is 79.7 cm³/mol. The van der Waals surface area contributed by atoms with Crippen molar-refractivity contribution in [3.63, 3.8) is 0 Å². The first-order valence-corrected chi connectivity index (χ1v) is 6.47. The van der Waals surface area contributed by atoms with Gasteiger partial charge in [-0.05, 0) is 47.2 Å². The molecule has 1 heterocycles. The zero-order chi connectivity index (χ0) is 14.7. The van der Waals surface area contributed by atoms with Gasteiger partial charge in [0, 0.05) is 6.20 Å². The van der Waals surface area contributed by atoms with Crippen molar-refractivity contribution in [2.75, 3.05) is 7.11 Å². The minimum atomic E-state index is -0.474. The maximum absolute atomic E-state index is 12.0. The zero-order valence-electron chi connectivity index (χ0n) is 11.4. The van der Waals surface area contributed by atoms with Gasteiger partial charge in [0.1, 0.15) is 17.2 Å². The van der Waals surface area contributed by atoms with Crippen molar-refractivity contribution >= 4 is 16.7 Å². The van der Waals surface area contributed by atoms with Gasteiger partial charge in [-0.25, -0.2) is 9.78 Å². The quantitative estimate of drug-likeness (QED) is 0.544. The molecule has 2 aromatic carbocycles. The fourth-order valence-corrected chi connectivity index (χ4v) is 2.04. The summed E-state index contributed by atoms with van der Waals surface area (Å²) < 4.78 is 10.5. The zero-order valence-corrected chi connectivity index (χ0v) is 11.4. The highest BCUT2D eigenvalue weighted by atomic mass is 16.5. The average molecular weight is 279 g/mol. The van der Waals surface area contributed by atoms with E-state index in [-0.39, 0.29) is 5.69 Å². The van der Waals surface area contributed by atoms with Gasteiger partial charge < -0.3 is 9.47 Å². The second-order valence-electron chi connectivity index (χ2n) is 4.48. The summed E-state index contributed by atoms with van der Waals surface area (Å²) in [5.41, 5.74) is 0.281. The molecule has 0 aliphatic rings. The molecule has 4 heteroatoms. The van der Waals surface area contributed by atoms with Crippen LogP contribution in [-0.4, -0.2) is 18.1 Å². The lowest BCUT2D eigenvalue weighted by Gasteiger charge is -2.06. The van der Waals surface area contributed by atoms with Crippen LogP contribution in [0.1, 0.15) is 10.5 Å². The van der Waals surface area contributed by atoms with E-state index in [2.05, 4.69) is 4.98 Å². The highest BCUT2D eigenvalue weighted by Gasteiger charge is 2.09. The summed E-state index contributed by atoms with van der Waals surface area (Å²) in [6.45, 7) is 0. The van der Waals surface area contributed by atoms with Crippen LogP contribution in [-0.2, 0) is 0 Å². The van der Waals surface area contributed by atoms with E-state index in [4.69, 9.17) is 9.47 Å². The first-order valence-electron chi connectivity index (χ1n) is 6.47. The van der Waals surface area contributed by atoms with E-state index in [1.807, 2.05) is 24.3 Å². The number of ether oxygens (including phenoxy) is 2. The van der Waals surface area contributed by atoms with E-state index in [0.717, 1.165) is 16.5 Å². The molecule has 4 nitrogen and oxygen atoms in total. The van der Waals surface area contributed by atoms with Crippen LogP contribution in [0.5, 0.6) is 11.5 Å². The number of hydrogen-bond acceptors (Lipinski definition) is 4. The van der Waals surface area contributed by atoms with Crippen LogP contribution in [0.4, 0.5) is 0 Å². The summed E-state index contributed by atoms with van der Waals surface area (Å²) >= 11 is 0. The number of benzene rings is 2. The highest BCUT2D eigenvalue weighted by molar-refractivity contribution is 5.90. The lowest BCUT2D eigenvalue weighted by atomic mass is 10.1. The summed E-state index contributed by atoms with van der Waals surface area (Å²) in [7, 11) is 1.62. The molecule has 0 N–H and O–H groups in total. The molecule has 0 radical (unpaired) electrons. The van der Waals surface area contributed by atoms with Crippen LogP contribution in [0.2, 0.25) is 0 Å². The Morgan fingerprint density at radius 3 is 2.43 bits per heavy atom. The van der Waals surface area contributed by atoms with Gasteiger partial charge in [-0.2, -0.15) is 0 Å². The lowest BCUT2D eigenvalue weighted by Crippen LogP contribution is -2.09. The van der Waals surface area contributed by atoms with Crippen molar-refractivity contribution < 1.29 is 14.3 Å². The van der Waals surface area contributed by atoms with Crippen molar-refractivity contribution in [2.45, 2.75) is 0 Å². The fraction of sp³-hybridized carbons (Fsp3) is 0.0588. The molecule has 0 aliphatic carbocycles. The first kappa shape index (κ1) is 13.1. The predicted octanol–water partition coefficient (Wildman–Crippen LogP) is 3.46. The molecular weight excluding hydrogens is 266 g/mol. The number of rotatable bonds is 3. The van der Waals surface area contributed by atoms with Gasteiger partial charge in [0.05, 0.1) is 7.11 Å². The molecule has 0 saturated carbocycles. The fourth-order valence-electron chi connectivity index (χ4n) is 2.04. The Balaban J connectivity index is 1.89. The molecule has 21 heavy (non-hydrogen) atoms. The van der Waals surface area contributed by atoms with E-state index >= 15 is 0 Å². The van der Waals surface area contributed by atoms with Crippen LogP contribution >= 0.6 is 0 Å². The largest absolute Gasteiger partial charge is 0.497 e. The number of nitrogens with zero attached hydrogens (tertiary/aromatic N) is 1. The topological polar surface area (TPSA) is 48.4 Å². The van der Waals surface area contributed by atoms with Gasteiger partial charge in [-0.1, -0.05) is 18.2 Å². The van der Waals surface area contributed by atoms with Gasteiger partial charge in [0.15, 0.2) is 0 Å². The first-order chi connectivity index (χ1) is 10.3. The summed E-state index contributed by atoms with van der Waals surface area (Å²) in [5, 5.41) is 1.99. The smallest absolute Gasteiger partial charge is 0.362 e. The molecule has 0 amide bonds. The van der Waals surface area contributed by atoms with E-state index in [9.17, 15) is 4.79 Å². The number of esters is 1. The van der Waals surface area contributed by atoms with Crippen molar-refractivity contribution in [2.24, 2.45) is 0 Å². The third-order valence-corrected chi connectivity index (χ3v) is 3.10. The molecule has 0 unspecified atom stereocenters. The minimum absolute atomic E-state index is 0.281. The van der Waals surface area contributed by atoms with E-state index in [1.165, 1.54) is 0 Å². The Bertz CT molecular complexity index is 784. The molecule has 0 atom stereocenters. The maximum atomic E-state index is 12.0. The molecule has 104 valence electrons. The van der Waals surface area contributed by atoms with E-state index in [0.29, 0.717) is 5.75 Å². The Morgan fingerprint density at radius 1 is 0.952 bits per heavy atom.